The molecule has 0 bridgehead atoms. The first-order valence-electron chi connectivity index (χ1n) is 8.41. The molecule has 0 aliphatic carbocycles. The molecule has 0 saturated carbocycles. The Morgan fingerprint density at radius 3 is 2.92 bits per heavy atom. The lowest BCUT2D eigenvalue weighted by molar-refractivity contribution is 0.0940. The molecule has 1 aliphatic rings. The van der Waals surface area contributed by atoms with Crippen molar-refractivity contribution in [1.82, 2.24) is 25.3 Å². The minimum absolute atomic E-state index is 0.0637. The predicted molar refractivity (Wildman–Crippen MR) is 96.1 cm³/mol. The van der Waals surface area contributed by atoms with Gasteiger partial charge in [0.1, 0.15) is 0 Å². The van der Waals surface area contributed by atoms with Crippen molar-refractivity contribution in [2.45, 2.75) is 23.8 Å². The van der Waals surface area contributed by atoms with Crippen LogP contribution in [0.3, 0.4) is 0 Å². The molecule has 2 heterocycles. The van der Waals surface area contributed by atoms with Crippen molar-refractivity contribution in [3.05, 3.63) is 54.1 Å². The fourth-order valence-corrected chi connectivity index (χ4v) is 3.78. The fourth-order valence-electron chi connectivity index (χ4n) is 2.71. The molecule has 1 aromatic heterocycles. The van der Waals surface area contributed by atoms with Gasteiger partial charge in [0, 0.05) is 49.7 Å². The zero-order chi connectivity index (χ0) is 18.4. The van der Waals surface area contributed by atoms with Crippen molar-refractivity contribution in [3.63, 3.8) is 0 Å². The van der Waals surface area contributed by atoms with Crippen molar-refractivity contribution in [2.24, 2.45) is 0 Å². The van der Waals surface area contributed by atoms with Gasteiger partial charge in [-0.3, -0.25) is 14.8 Å². The van der Waals surface area contributed by atoms with Crippen LogP contribution in [-0.4, -0.2) is 50.0 Å². The van der Waals surface area contributed by atoms with E-state index in [0.29, 0.717) is 17.7 Å². The SMILES string of the molecule is O=C(N[C@H]1CCNC1)c1cccc(S(=O)(=O)NCCc2cnccn2)c1. The lowest BCUT2D eigenvalue weighted by Crippen LogP contribution is -2.36. The first kappa shape index (κ1) is 18.4. The van der Waals surface area contributed by atoms with Crippen LogP contribution in [0.1, 0.15) is 22.5 Å². The number of sulfonamides is 1. The van der Waals surface area contributed by atoms with Crippen molar-refractivity contribution in [3.8, 4) is 0 Å². The van der Waals surface area contributed by atoms with E-state index in [9.17, 15) is 13.2 Å². The normalized spacial score (nSPS) is 17.2. The van der Waals surface area contributed by atoms with Crippen molar-refractivity contribution < 1.29 is 13.2 Å². The Morgan fingerprint density at radius 2 is 2.19 bits per heavy atom. The smallest absolute Gasteiger partial charge is 0.251 e. The standard InChI is InChI=1S/C17H21N5O3S/c23-17(22-15-4-6-18-12-15)13-2-1-3-16(10-13)26(24,25)21-7-5-14-11-19-8-9-20-14/h1-3,8-11,15,18,21H,4-7,12H2,(H,22,23)/t15-/m0/s1. The number of carbonyl (C=O) groups is 1. The van der Waals surface area contributed by atoms with Crippen molar-refractivity contribution in [2.75, 3.05) is 19.6 Å². The number of rotatable bonds is 7. The Hall–Kier alpha value is -2.36. The van der Waals surface area contributed by atoms with Crippen LogP contribution in [0.25, 0.3) is 0 Å². The lowest BCUT2D eigenvalue weighted by Gasteiger charge is -2.12. The number of nitrogens with one attached hydrogen (secondary N) is 3. The second kappa shape index (κ2) is 8.35. The lowest BCUT2D eigenvalue weighted by atomic mass is 10.2. The van der Waals surface area contributed by atoms with Gasteiger partial charge < -0.3 is 10.6 Å². The summed E-state index contributed by atoms with van der Waals surface area (Å²) < 4.78 is 27.4. The van der Waals surface area contributed by atoms with Gasteiger partial charge in [-0.15, -0.1) is 0 Å². The van der Waals surface area contributed by atoms with E-state index in [1.54, 1.807) is 30.7 Å². The van der Waals surface area contributed by atoms with Gasteiger partial charge in [-0.2, -0.15) is 0 Å². The topological polar surface area (TPSA) is 113 Å². The van der Waals surface area contributed by atoms with Gasteiger partial charge in [0.05, 0.1) is 10.6 Å². The van der Waals surface area contributed by atoms with Gasteiger partial charge in [0.25, 0.3) is 5.91 Å². The van der Waals surface area contributed by atoms with Gasteiger partial charge in [-0.1, -0.05) is 6.07 Å². The summed E-state index contributed by atoms with van der Waals surface area (Å²) in [7, 11) is -3.70. The van der Waals surface area contributed by atoms with E-state index in [1.165, 1.54) is 12.1 Å². The first-order chi connectivity index (χ1) is 12.5. The molecule has 138 valence electrons. The van der Waals surface area contributed by atoms with Crippen molar-refractivity contribution in [1.29, 1.82) is 0 Å². The third-order valence-electron chi connectivity index (χ3n) is 4.09. The second-order valence-corrected chi connectivity index (χ2v) is 7.80. The van der Waals surface area contributed by atoms with E-state index in [1.807, 2.05) is 0 Å². The molecular weight excluding hydrogens is 354 g/mol. The molecule has 26 heavy (non-hydrogen) atoms. The zero-order valence-corrected chi connectivity index (χ0v) is 15.0. The van der Waals surface area contributed by atoms with Crippen molar-refractivity contribution >= 4 is 15.9 Å². The number of carbonyl (C=O) groups excluding carboxylic acids is 1. The van der Waals surface area contributed by atoms with E-state index in [0.717, 1.165) is 19.5 Å². The van der Waals surface area contributed by atoms with Gasteiger partial charge in [-0.25, -0.2) is 13.1 Å². The summed E-state index contributed by atoms with van der Waals surface area (Å²) >= 11 is 0. The number of benzene rings is 1. The van der Waals surface area contributed by atoms with Crippen LogP contribution < -0.4 is 15.4 Å². The minimum atomic E-state index is -3.70. The maximum atomic E-state index is 12.5. The number of nitrogens with zero attached hydrogens (tertiary/aromatic N) is 2. The largest absolute Gasteiger partial charge is 0.348 e. The Labute approximate surface area is 152 Å². The fraction of sp³-hybridized carbons (Fsp3) is 0.353. The summed E-state index contributed by atoms with van der Waals surface area (Å²) in [4.78, 5) is 20.4. The van der Waals surface area contributed by atoms with Crippen LogP contribution in [0, 0.1) is 0 Å². The highest BCUT2D eigenvalue weighted by Gasteiger charge is 2.19. The summed E-state index contributed by atoms with van der Waals surface area (Å²) in [5.41, 5.74) is 1.03. The Bertz CT molecular complexity index is 852. The summed E-state index contributed by atoms with van der Waals surface area (Å²) in [6, 6.07) is 6.11. The van der Waals surface area contributed by atoms with E-state index in [2.05, 4.69) is 25.3 Å². The molecule has 1 fully saturated rings. The van der Waals surface area contributed by atoms with Crippen LogP contribution in [0.15, 0.2) is 47.8 Å². The molecule has 2 aromatic rings. The van der Waals surface area contributed by atoms with Crippen LogP contribution >= 0.6 is 0 Å². The predicted octanol–water partition coefficient (Wildman–Crippen LogP) is 0.0893. The van der Waals surface area contributed by atoms with E-state index in [4.69, 9.17) is 0 Å². The summed E-state index contributed by atoms with van der Waals surface area (Å²) in [6.07, 6.45) is 6.02. The molecule has 0 unspecified atom stereocenters. The third-order valence-corrected chi connectivity index (χ3v) is 5.55. The molecule has 8 nitrogen and oxygen atoms in total. The first-order valence-corrected chi connectivity index (χ1v) is 9.89. The zero-order valence-electron chi connectivity index (χ0n) is 14.2. The second-order valence-electron chi connectivity index (χ2n) is 6.04. The van der Waals surface area contributed by atoms with Gasteiger partial charge in [-0.05, 0) is 31.2 Å². The molecule has 9 heteroatoms. The maximum absolute atomic E-state index is 12.5. The molecule has 1 atom stereocenters. The van der Waals surface area contributed by atoms with E-state index < -0.39 is 10.0 Å². The number of amides is 1. The molecule has 1 saturated heterocycles. The minimum Gasteiger partial charge on any atom is -0.348 e. The Kier molecular flexibility index (Phi) is 5.92. The average molecular weight is 375 g/mol. The quantitative estimate of drug-likeness (QED) is 0.632. The summed E-state index contributed by atoms with van der Waals surface area (Å²) in [6.45, 7) is 1.80. The van der Waals surface area contributed by atoms with Gasteiger partial charge in [0.15, 0.2) is 0 Å². The Balaban J connectivity index is 1.62. The van der Waals surface area contributed by atoms with Crippen LogP contribution in [0.5, 0.6) is 0 Å². The highest BCUT2D eigenvalue weighted by Crippen LogP contribution is 2.12. The summed E-state index contributed by atoms with van der Waals surface area (Å²) in [5.74, 6) is -0.268. The van der Waals surface area contributed by atoms with E-state index >= 15 is 0 Å². The van der Waals surface area contributed by atoms with Crippen LogP contribution in [-0.2, 0) is 16.4 Å². The molecule has 1 aromatic carbocycles. The highest BCUT2D eigenvalue weighted by atomic mass is 32.2. The van der Waals surface area contributed by atoms with Gasteiger partial charge >= 0.3 is 0 Å². The molecule has 1 amide bonds. The third kappa shape index (κ3) is 4.84. The molecule has 0 radical (unpaired) electrons. The highest BCUT2D eigenvalue weighted by molar-refractivity contribution is 7.89. The number of hydrogen-bond acceptors (Lipinski definition) is 6. The molecular formula is C17H21N5O3S. The van der Waals surface area contributed by atoms with Crippen LogP contribution in [0.4, 0.5) is 0 Å². The summed E-state index contributed by atoms with van der Waals surface area (Å²) in [5, 5.41) is 6.08. The van der Waals surface area contributed by atoms with E-state index in [-0.39, 0.29) is 23.4 Å². The average Bonchev–Trinajstić information content (AvgIpc) is 3.15. The monoisotopic (exact) mass is 375 g/mol. The number of aromatic nitrogens is 2. The molecule has 0 spiro atoms. The van der Waals surface area contributed by atoms with Gasteiger partial charge in [0.2, 0.25) is 10.0 Å². The maximum Gasteiger partial charge on any atom is 0.251 e. The van der Waals surface area contributed by atoms with Crippen LogP contribution in [0.2, 0.25) is 0 Å². The molecule has 3 rings (SSSR count). The number of hydrogen-bond donors (Lipinski definition) is 3. The molecule has 1 aliphatic heterocycles. The molecule has 3 N–H and O–H groups in total. The Morgan fingerprint density at radius 1 is 1.31 bits per heavy atom.